The average molecular weight is 348 g/mol. The van der Waals surface area contributed by atoms with Gasteiger partial charge in [0.15, 0.2) is 0 Å². The molecule has 0 amide bonds. The van der Waals surface area contributed by atoms with E-state index >= 15 is 0 Å². The van der Waals surface area contributed by atoms with Gasteiger partial charge in [0.2, 0.25) is 0 Å². The van der Waals surface area contributed by atoms with Crippen molar-refractivity contribution in [2.24, 2.45) is 5.92 Å². The molecule has 1 fully saturated rings. The van der Waals surface area contributed by atoms with E-state index < -0.39 is 0 Å². The molecule has 17 heavy (non-hydrogen) atoms. The van der Waals surface area contributed by atoms with Crippen molar-refractivity contribution in [3.8, 4) is 0 Å². The average Bonchev–Trinajstić information content (AvgIpc) is 2.75. The van der Waals surface area contributed by atoms with Gasteiger partial charge in [0, 0.05) is 19.6 Å². The molecule has 94 valence electrons. The maximum atomic E-state index is 11.8. The fourth-order valence-electron chi connectivity index (χ4n) is 2.02. The quantitative estimate of drug-likeness (QED) is 0.851. The van der Waals surface area contributed by atoms with Crippen LogP contribution in [-0.2, 0) is 11.2 Å². The first kappa shape index (κ1) is 13.0. The highest BCUT2D eigenvalue weighted by Gasteiger charge is 2.19. The van der Waals surface area contributed by atoms with Gasteiger partial charge in [-0.15, -0.1) is 0 Å². The molecular weight excluding hydrogens is 331 g/mol. The Hall–Kier alpha value is -0.430. The number of aromatic nitrogens is 2. The van der Waals surface area contributed by atoms with Crippen LogP contribution in [0.5, 0.6) is 0 Å². The Balaban J connectivity index is 2.25. The first-order valence-corrected chi connectivity index (χ1v) is 7.02. The topological polar surface area (TPSA) is 55.0 Å². The van der Waals surface area contributed by atoms with Crippen LogP contribution in [0.25, 0.3) is 0 Å². The van der Waals surface area contributed by atoms with Gasteiger partial charge in [-0.1, -0.05) is 13.8 Å². The molecule has 0 saturated carbocycles. The van der Waals surface area contributed by atoms with E-state index in [9.17, 15) is 4.79 Å². The number of nitrogens with zero attached hydrogens (tertiary/aromatic N) is 1. The van der Waals surface area contributed by atoms with Crippen LogP contribution in [0.1, 0.15) is 37.7 Å². The van der Waals surface area contributed by atoms with E-state index in [1.165, 1.54) is 0 Å². The van der Waals surface area contributed by atoms with Crippen molar-refractivity contribution in [2.75, 3.05) is 13.2 Å². The van der Waals surface area contributed by atoms with Gasteiger partial charge in [-0.05, 0) is 40.8 Å². The summed E-state index contributed by atoms with van der Waals surface area (Å²) in [6, 6.07) is 0. The summed E-state index contributed by atoms with van der Waals surface area (Å²) in [5.74, 6) is 1.58. The zero-order chi connectivity index (χ0) is 12.4. The van der Waals surface area contributed by atoms with Crippen LogP contribution in [-0.4, -0.2) is 23.2 Å². The molecule has 4 nitrogen and oxygen atoms in total. The molecular formula is C12H17IN2O2. The van der Waals surface area contributed by atoms with Crippen LogP contribution in [0, 0.1) is 9.49 Å². The number of hydrogen-bond acceptors (Lipinski definition) is 3. The molecule has 1 aromatic rings. The fraction of sp³-hybridized carbons (Fsp3) is 0.667. The van der Waals surface area contributed by atoms with Crippen LogP contribution in [0.2, 0.25) is 0 Å². The first-order valence-electron chi connectivity index (χ1n) is 5.94. The van der Waals surface area contributed by atoms with E-state index in [1.807, 2.05) is 0 Å². The Kier molecular flexibility index (Phi) is 4.19. The lowest BCUT2D eigenvalue weighted by Gasteiger charge is -2.11. The summed E-state index contributed by atoms with van der Waals surface area (Å²) in [4.78, 5) is 19.3. The second-order valence-corrected chi connectivity index (χ2v) is 5.88. The monoisotopic (exact) mass is 348 g/mol. The Morgan fingerprint density at radius 2 is 2.35 bits per heavy atom. The van der Waals surface area contributed by atoms with Crippen LogP contribution in [0.4, 0.5) is 0 Å². The molecule has 2 heterocycles. The van der Waals surface area contributed by atoms with Crippen LogP contribution in [0.3, 0.4) is 0 Å². The first-order chi connectivity index (χ1) is 8.08. The Labute approximate surface area is 114 Å². The second kappa shape index (κ2) is 5.48. The Bertz CT molecular complexity index is 450. The standard InChI is InChI=1S/C12H17IN2O2/c1-7(2)11-10(13)12(16)15-9(14-11)5-8-3-4-17-6-8/h7-8H,3-6H2,1-2H3,(H,14,15,16). The molecule has 1 atom stereocenters. The summed E-state index contributed by atoms with van der Waals surface area (Å²) in [6.45, 7) is 5.74. The van der Waals surface area contributed by atoms with Crippen LogP contribution >= 0.6 is 22.6 Å². The molecule has 1 N–H and O–H groups in total. The van der Waals surface area contributed by atoms with E-state index in [4.69, 9.17) is 4.74 Å². The third-order valence-corrected chi connectivity index (χ3v) is 4.03. The van der Waals surface area contributed by atoms with Gasteiger partial charge >= 0.3 is 0 Å². The molecule has 0 aromatic carbocycles. The number of ether oxygens (including phenoxy) is 1. The van der Waals surface area contributed by atoms with Crippen molar-refractivity contribution < 1.29 is 4.74 Å². The van der Waals surface area contributed by atoms with E-state index in [0.717, 1.165) is 37.6 Å². The zero-order valence-corrected chi connectivity index (χ0v) is 12.3. The van der Waals surface area contributed by atoms with E-state index in [2.05, 4.69) is 46.4 Å². The maximum Gasteiger partial charge on any atom is 0.264 e. The summed E-state index contributed by atoms with van der Waals surface area (Å²) in [6.07, 6.45) is 1.87. The number of halogens is 1. The molecule has 0 radical (unpaired) electrons. The van der Waals surface area contributed by atoms with Crippen molar-refractivity contribution in [3.63, 3.8) is 0 Å². The SMILES string of the molecule is CC(C)c1nc(CC2CCOC2)[nH]c(=O)c1I. The van der Waals surface area contributed by atoms with Gasteiger partial charge in [0.05, 0.1) is 9.26 Å². The summed E-state index contributed by atoms with van der Waals surface area (Å²) in [7, 11) is 0. The minimum Gasteiger partial charge on any atom is -0.381 e. The highest BCUT2D eigenvalue weighted by molar-refractivity contribution is 14.1. The van der Waals surface area contributed by atoms with Crippen molar-refractivity contribution in [1.29, 1.82) is 0 Å². The summed E-state index contributed by atoms with van der Waals surface area (Å²) in [5.41, 5.74) is 0.890. The van der Waals surface area contributed by atoms with E-state index in [0.29, 0.717) is 9.49 Å². The predicted octanol–water partition coefficient (Wildman–Crippen LogP) is 2.08. The molecule has 1 saturated heterocycles. The lowest BCUT2D eigenvalue weighted by molar-refractivity contribution is 0.185. The van der Waals surface area contributed by atoms with Gasteiger partial charge in [-0.2, -0.15) is 0 Å². The lowest BCUT2D eigenvalue weighted by Crippen LogP contribution is -2.20. The number of rotatable bonds is 3. The third-order valence-electron chi connectivity index (χ3n) is 2.99. The molecule has 1 unspecified atom stereocenters. The third kappa shape index (κ3) is 3.07. The summed E-state index contributed by atoms with van der Waals surface area (Å²) < 4.78 is 6.05. The molecule has 2 rings (SSSR count). The minimum atomic E-state index is -0.0155. The summed E-state index contributed by atoms with van der Waals surface area (Å²) >= 11 is 2.07. The van der Waals surface area contributed by atoms with Gasteiger partial charge in [0.25, 0.3) is 5.56 Å². The summed E-state index contributed by atoms with van der Waals surface area (Å²) in [5, 5.41) is 0. The molecule has 5 heteroatoms. The number of H-pyrrole nitrogens is 1. The van der Waals surface area contributed by atoms with E-state index in [-0.39, 0.29) is 11.5 Å². The van der Waals surface area contributed by atoms with Gasteiger partial charge < -0.3 is 9.72 Å². The fourth-order valence-corrected chi connectivity index (χ4v) is 2.90. The van der Waals surface area contributed by atoms with Crippen LogP contribution in [0.15, 0.2) is 4.79 Å². The largest absolute Gasteiger partial charge is 0.381 e. The number of aromatic amines is 1. The second-order valence-electron chi connectivity index (χ2n) is 4.80. The highest BCUT2D eigenvalue weighted by atomic mass is 127. The normalized spacial score (nSPS) is 20.1. The Morgan fingerprint density at radius 3 is 2.94 bits per heavy atom. The maximum absolute atomic E-state index is 11.8. The zero-order valence-electron chi connectivity index (χ0n) is 10.1. The van der Waals surface area contributed by atoms with Gasteiger partial charge in [-0.25, -0.2) is 4.98 Å². The molecule has 0 aliphatic carbocycles. The van der Waals surface area contributed by atoms with Crippen molar-refractivity contribution in [3.05, 3.63) is 25.4 Å². The molecule has 1 aromatic heterocycles. The molecule has 1 aliphatic rings. The smallest absolute Gasteiger partial charge is 0.264 e. The van der Waals surface area contributed by atoms with E-state index in [1.54, 1.807) is 0 Å². The van der Waals surface area contributed by atoms with Gasteiger partial charge in [-0.3, -0.25) is 4.79 Å². The molecule has 0 spiro atoms. The van der Waals surface area contributed by atoms with Crippen molar-refractivity contribution in [2.45, 2.75) is 32.6 Å². The number of nitrogens with one attached hydrogen (secondary N) is 1. The van der Waals surface area contributed by atoms with Gasteiger partial charge in [0.1, 0.15) is 5.82 Å². The minimum absolute atomic E-state index is 0.0155. The van der Waals surface area contributed by atoms with Crippen molar-refractivity contribution in [1.82, 2.24) is 9.97 Å². The van der Waals surface area contributed by atoms with Crippen molar-refractivity contribution >= 4 is 22.6 Å². The predicted molar refractivity (Wildman–Crippen MR) is 74.3 cm³/mol. The highest BCUT2D eigenvalue weighted by Crippen LogP contribution is 2.19. The Morgan fingerprint density at radius 1 is 1.59 bits per heavy atom. The lowest BCUT2D eigenvalue weighted by atomic mass is 10.0. The molecule has 0 bridgehead atoms. The molecule has 1 aliphatic heterocycles. The number of hydrogen-bond donors (Lipinski definition) is 1. The van der Waals surface area contributed by atoms with Crippen LogP contribution < -0.4 is 5.56 Å².